The van der Waals surface area contributed by atoms with E-state index in [1.54, 1.807) is 6.20 Å². The lowest BCUT2D eigenvalue weighted by atomic mass is 9.72. The molecule has 1 aliphatic heterocycles. The molecule has 0 radical (unpaired) electrons. The lowest BCUT2D eigenvalue weighted by Gasteiger charge is -2.45. The van der Waals surface area contributed by atoms with Crippen molar-refractivity contribution in [2.45, 2.75) is 37.5 Å². The van der Waals surface area contributed by atoms with E-state index in [2.05, 4.69) is 15.3 Å². The molecule has 1 amide bonds. The molecule has 1 spiro atoms. The van der Waals surface area contributed by atoms with Crippen LogP contribution in [0.1, 0.15) is 41.7 Å². The number of pyridine rings is 2. The number of nitrogens with one attached hydrogen (secondary N) is 1. The van der Waals surface area contributed by atoms with Crippen LogP contribution in [0, 0.1) is 17.6 Å². The van der Waals surface area contributed by atoms with Crippen molar-refractivity contribution in [2.75, 3.05) is 18.5 Å². The summed E-state index contributed by atoms with van der Waals surface area (Å²) in [6.07, 6.45) is 4.49. The minimum absolute atomic E-state index is 0.0128. The van der Waals surface area contributed by atoms with Gasteiger partial charge in [0.2, 0.25) is 0 Å². The van der Waals surface area contributed by atoms with Crippen molar-refractivity contribution in [3.63, 3.8) is 0 Å². The molecule has 4 N–H and O–H groups in total. The van der Waals surface area contributed by atoms with Crippen molar-refractivity contribution in [1.82, 2.24) is 9.97 Å². The maximum absolute atomic E-state index is 14.5. The number of phenolic OH excluding ortho intramolecular Hbond substituents is 1. The van der Waals surface area contributed by atoms with Gasteiger partial charge in [-0.05, 0) is 54.7 Å². The molecule has 36 heavy (non-hydrogen) atoms. The maximum Gasteiger partial charge on any atom is 0.274 e. The summed E-state index contributed by atoms with van der Waals surface area (Å²) in [7, 11) is 0. The fourth-order valence-electron chi connectivity index (χ4n) is 5.26. The first-order valence-electron chi connectivity index (χ1n) is 11.7. The lowest BCUT2D eigenvalue weighted by Crippen LogP contribution is -2.57. The highest BCUT2D eigenvalue weighted by molar-refractivity contribution is 6.03. The Kier molecular flexibility index (Phi) is 6.42. The first-order chi connectivity index (χ1) is 17.3. The van der Waals surface area contributed by atoms with Crippen LogP contribution < -0.4 is 11.1 Å². The molecule has 188 valence electrons. The molecule has 5 rings (SSSR count). The van der Waals surface area contributed by atoms with Crippen molar-refractivity contribution in [3.8, 4) is 17.0 Å². The van der Waals surface area contributed by atoms with E-state index in [9.17, 15) is 18.7 Å². The van der Waals surface area contributed by atoms with Gasteiger partial charge in [-0.3, -0.25) is 9.78 Å². The van der Waals surface area contributed by atoms with Crippen molar-refractivity contribution in [1.29, 1.82) is 0 Å². The molecule has 3 atom stereocenters. The number of hydrogen-bond acceptors (Lipinski definition) is 7. The molecule has 2 aromatic heterocycles. The zero-order chi connectivity index (χ0) is 25.4. The molecular weight excluding hydrogens is 470 g/mol. The zero-order valence-corrected chi connectivity index (χ0v) is 19.6. The number of aromatic hydroxyl groups is 1. The van der Waals surface area contributed by atoms with Gasteiger partial charge in [-0.15, -0.1) is 0 Å². The summed E-state index contributed by atoms with van der Waals surface area (Å²) in [5.74, 6) is -3.59. The number of benzene rings is 1. The van der Waals surface area contributed by atoms with Gasteiger partial charge in [-0.1, -0.05) is 13.0 Å². The van der Waals surface area contributed by atoms with Gasteiger partial charge in [-0.2, -0.15) is 0 Å². The Bertz CT molecular complexity index is 1260. The Morgan fingerprint density at radius 1 is 1.14 bits per heavy atom. The smallest absolute Gasteiger partial charge is 0.274 e. The van der Waals surface area contributed by atoms with Crippen LogP contribution >= 0.6 is 0 Å². The Morgan fingerprint density at radius 2 is 1.92 bits per heavy atom. The predicted octanol–water partition coefficient (Wildman–Crippen LogP) is 3.96. The third-order valence-corrected chi connectivity index (χ3v) is 6.97. The van der Waals surface area contributed by atoms with Crippen LogP contribution in [-0.2, 0) is 9.47 Å². The van der Waals surface area contributed by atoms with Crippen LogP contribution in [0.4, 0.5) is 14.5 Å². The number of carbonyl (C=O) groups excluding carboxylic acids is 1. The van der Waals surface area contributed by atoms with E-state index in [0.29, 0.717) is 25.3 Å². The van der Waals surface area contributed by atoms with Gasteiger partial charge in [0.25, 0.3) is 5.91 Å². The summed E-state index contributed by atoms with van der Waals surface area (Å²) < 4.78 is 40.6. The Labute approximate surface area is 206 Å². The van der Waals surface area contributed by atoms with Gasteiger partial charge in [0.15, 0.2) is 5.79 Å². The van der Waals surface area contributed by atoms with E-state index < -0.39 is 40.3 Å². The zero-order valence-electron chi connectivity index (χ0n) is 19.6. The van der Waals surface area contributed by atoms with Crippen molar-refractivity contribution >= 4 is 11.6 Å². The van der Waals surface area contributed by atoms with Gasteiger partial charge >= 0.3 is 0 Å². The van der Waals surface area contributed by atoms with Crippen LogP contribution in [0.15, 0.2) is 48.8 Å². The van der Waals surface area contributed by atoms with E-state index in [0.717, 1.165) is 24.1 Å². The number of hydrogen-bond donors (Lipinski definition) is 3. The molecule has 1 saturated heterocycles. The topological polar surface area (TPSA) is 120 Å². The molecular formula is C26H26F2N4O4. The molecule has 3 heterocycles. The number of amides is 1. The van der Waals surface area contributed by atoms with E-state index in [1.807, 2.05) is 13.0 Å². The minimum Gasteiger partial charge on any atom is -0.507 e. The maximum atomic E-state index is 14.5. The monoisotopic (exact) mass is 496 g/mol. The van der Waals surface area contributed by atoms with Crippen LogP contribution in [0.3, 0.4) is 0 Å². The molecule has 2 aliphatic rings. The first-order valence-corrected chi connectivity index (χ1v) is 11.7. The van der Waals surface area contributed by atoms with Gasteiger partial charge < -0.3 is 25.6 Å². The molecule has 1 aliphatic carbocycles. The second kappa shape index (κ2) is 9.53. The van der Waals surface area contributed by atoms with Crippen LogP contribution in [-0.4, -0.2) is 46.0 Å². The van der Waals surface area contributed by atoms with Gasteiger partial charge in [0, 0.05) is 12.1 Å². The van der Waals surface area contributed by atoms with Crippen molar-refractivity contribution < 1.29 is 28.2 Å². The minimum atomic E-state index is -0.871. The molecule has 2 fully saturated rings. The molecule has 0 bridgehead atoms. The summed E-state index contributed by atoms with van der Waals surface area (Å²) in [5.41, 5.74) is 6.79. The predicted molar refractivity (Wildman–Crippen MR) is 127 cm³/mol. The number of halogens is 2. The lowest BCUT2D eigenvalue weighted by molar-refractivity contribution is -0.221. The summed E-state index contributed by atoms with van der Waals surface area (Å²) in [6, 6.07) is 7.27. The van der Waals surface area contributed by atoms with Crippen LogP contribution in [0.25, 0.3) is 11.3 Å². The summed E-state index contributed by atoms with van der Waals surface area (Å²) in [6.45, 7) is 3.06. The Morgan fingerprint density at radius 3 is 2.64 bits per heavy atom. The fraction of sp³-hybridized carbons (Fsp3) is 0.346. The highest BCUT2D eigenvalue weighted by atomic mass is 19.1. The standard InChI is InChI=1S/C26H26F2N4O4/c1-14-11-15(12-22(29)26(14)35-9-10-36-26)16-7-8-30-13-20(16)32-25(34)19-6-5-18(28)24(31-19)23-17(27)3-2-4-21(23)33/h2-8,13-15,22,33H,9-12,29H2,1H3,(H,32,34)/t14-,15+,22+/m1/s1. The van der Waals surface area contributed by atoms with Crippen molar-refractivity contribution in [2.24, 2.45) is 11.7 Å². The average molecular weight is 497 g/mol. The van der Waals surface area contributed by atoms with E-state index in [1.165, 1.54) is 24.4 Å². The number of rotatable bonds is 4. The number of phenols is 1. The van der Waals surface area contributed by atoms with Crippen molar-refractivity contribution in [3.05, 3.63) is 71.7 Å². The van der Waals surface area contributed by atoms with Crippen LogP contribution in [0.2, 0.25) is 0 Å². The van der Waals surface area contributed by atoms with E-state index >= 15 is 0 Å². The normalized spacial score (nSPS) is 23.1. The summed E-state index contributed by atoms with van der Waals surface area (Å²) in [4.78, 5) is 21.3. The number of nitrogens with two attached hydrogens (primary N) is 1. The van der Waals surface area contributed by atoms with Gasteiger partial charge in [0.05, 0.1) is 36.7 Å². The highest BCUT2D eigenvalue weighted by Crippen LogP contribution is 2.46. The molecule has 1 aromatic carbocycles. The number of carbonyl (C=O) groups is 1. The third-order valence-electron chi connectivity index (χ3n) is 6.97. The first kappa shape index (κ1) is 24.2. The quantitative estimate of drug-likeness (QED) is 0.500. The Balaban J connectivity index is 1.41. The molecule has 0 unspecified atom stereocenters. The summed E-state index contributed by atoms with van der Waals surface area (Å²) in [5, 5.41) is 12.8. The number of nitrogens with zero attached hydrogens (tertiary/aromatic N) is 2. The van der Waals surface area contributed by atoms with E-state index in [4.69, 9.17) is 15.2 Å². The SMILES string of the molecule is C[C@@H]1C[C@H](c2ccncc2NC(=O)c2ccc(F)c(-c3c(O)cccc3F)n2)C[C@H](N)C12OCCO2. The molecule has 3 aromatic rings. The largest absolute Gasteiger partial charge is 0.507 e. The third kappa shape index (κ3) is 4.21. The fourth-order valence-corrected chi connectivity index (χ4v) is 5.26. The van der Waals surface area contributed by atoms with Crippen LogP contribution in [0.5, 0.6) is 5.75 Å². The second-order valence-electron chi connectivity index (χ2n) is 9.17. The second-order valence-corrected chi connectivity index (χ2v) is 9.17. The number of anilines is 1. The number of aromatic nitrogens is 2. The van der Waals surface area contributed by atoms with Gasteiger partial charge in [0.1, 0.15) is 28.8 Å². The molecule has 1 saturated carbocycles. The highest BCUT2D eigenvalue weighted by Gasteiger charge is 2.51. The number of ether oxygens (including phenoxy) is 2. The van der Waals surface area contributed by atoms with E-state index in [-0.39, 0.29) is 23.6 Å². The van der Waals surface area contributed by atoms with Gasteiger partial charge in [-0.25, -0.2) is 13.8 Å². The summed E-state index contributed by atoms with van der Waals surface area (Å²) >= 11 is 0. The average Bonchev–Trinajstić information content (AvgIpc) is 3.35. The molecule has 10 heteroatoms. The Hall–Kier alpha value is -3.47. The molecule has 8 nitrogen and oxygen atoms in total.